The summed E-state index contributed by atoms with van der Waals surface area (Å²) in [4.78, 5) is 19.8. The van der Waals surface area contributed by atoms with Crippen molar-refractivity contribution in [2.75, 3.05) is 0 Å². The van der Waals surface area contributed by atoms with Crippen LogP contribution in [-0.4, -0.2) is 21.0 Å². The van der Waals surface area contributed by atoms with Crippen molar-refractivity contribution in [2.24, 2.45) is 0 Å². The van der Waals surface area contributed by atoms with Crippen LogP contribution in [0.4, 0.5) is 4.39 Å². The minimum absolute atomic E-state index is 0.101. The molecule has 0 saturated heterocycles. The molecule has 0 bridgehead atoms. The number of carbonyl (C=O) groups is 1. The molecule has 0 atom stereocenters. The zero-order chi connectivity index (χ0) is 15.6. The van der Waals surface area contributed by atoms with Crippen molar-refractivity contribution in [3.05, 3.63) is 52.1 Å². The summed E-state index contributed by atoms with van der Waals surface area (Å²) >= 11 is 1.30. The molecule has 2 rings (SSSR count). The molecule has 6 heteroatoms. The van der Waals surface area contributed by atoms with Crippen molar-refractivity contribution in [1.82, 2.24) is 9.97 Å². The van der Waals surface area contributed by atoms with Gasteiger partial charge in [0.2, 0.25) is 0 Å². The van der Waals surface area contributed by atoms with Gasteiger partial charge in [-0.25, -0.2) is 19.2 Å². The molecule has 4 nitrogen and oxygen atoms in total. The predicted molar refractivity (Wildman–Crippen MR) is 79.2 cm³/mol. The van der Waals surface area contributed by atoms with Crippen LogP contribution >= 0.6 is 11.8 Å². The van der Waals surface area contributed by atoms with E-state index in [2.05, 4.69) is 9.97 Å². The van der Waals surface area contributed by atoms with E-state index in [4.69, 9.17) is 5.11 Å². The first kappa shape index (κ1) is 15.4. The van der Waals surface area contributed by atoms with Crippen molar-refractivity contribution >= 4 is 17.7 Å². The fraction of sp³-hybridized carbons (Fsp3) is 0.267. The van der Waals surface area contributed by atoms with E-state index in [0.717, 1.165) is 23.0 Å². The summed E-state index contributed by atoms with van der Waals surface area (Å²) in [7, 11) is 0. The molecule has 0 aliphatic carbocycles. The summed E-state index contributed by atoms with van der Waals surface area (Å²) in [5, 5.41) is 9.68. The monoisotopic (exact) mass is 306 g/mol. The Hall–Kier alpha value is -1.95. The van der Waals surface area contributed by atoms with E-state index in [-0.39, 0.29) is 5.56 Å². The summed E-state index contributed by atoms with van der Waals surface area (Å²) in [5.41, 5.74) is 3.35. The Labute approximate surface area is 126 Å². The molecule has 0 amide bonds. The molecular formula is C15H15FN2O2S. The highest BCUT2D eigenvalue weighted by molar-refractivity contribution is 7.98. The molecule has 0 fully saturated rings. The largest absolute Gasteiger partial charge is 0.478 e. The average molecular weight is 306 g/mol. The van der Waals surface area contributed by atoms with E-state index in [1.165, 1.54) is 23.9 Å². The molecule has 0 aliphatic rings. The maximum Gasteiger partial charge on any atom is 0.335 e. The number of aromatic carboxylic acids is 1. The Balaban J connectivity index is 2.24. The van der Waals surface area contributed by atoms with Crippen molar-refractivity contribution in [3.8, 4) is 0 Å². The molecule has 2 aromatic rings. The Kier molecular flexibility index (Phi) is 4.57. The zero-order valence-corrected chi connectivity index (χ0v) is 12.8. The summed E-state index contributed by atoms with van der Waals surface area (Å²) in [6.45, 7) is 5.76. The van der Waals surface area contributed by atoms with Gasteiger partial charge < -0.3 is 5.11 Å². The number of carboxylic acid groups (broad SMARTS) is 1. The number of rotatable bonds is 4. The van der Waals surface area contributed by atoms with Gasteiger partial charge in [-0.1, -0.05) is 11.8 Å². The van der Waals surface area contributed by atoms with Crippen LogP contribution in [0.5, 0.6) is 0 Å². The van der Waals surface area contributed by atoms with Gasteiger partial charge in [0.1, 0.15) is 5.82 Å². The third kappa shape index (κ3) is 3.58. The van der Waals surface area contributed by atoms with Gasteiger partial charge in [0.15, 0.2) is 5.16 Å². The van der Waals surface area contributed by atoms with Crippen LogP contribution in [0.2, 0.25) is 0 Å². The number of benzene rings is 1. The number of aromatic nitrogens is 2. The minimum Gasteiger partial charge on any atom is -0.478 e. The fourth-order valence-corrected chi connectivity index (χ4v) is 2.77. The molecule has 0 radical (unpaired) electrons. The highest BCUT2D eigenvalue weighted by Gasteiger charge is 2.12. The van der Waals surface area contributed by atoms with Gasteiger partial charge in [0.05, 0.1) is 5.56 Å². The van der Waals surface area contributed by atoms with Crippen molar-refractivity contribution in [1.29, 1.82) is 0 Å². The maximum atomic E-state index is 13.3. The van der Waals surface area contributed by atoms with Crippen LogP contribution in [0.3, 0.4) is 0 Å². The van der Waals surface area contributed by atoms with Gasteiger partial charge in [-0.3, -0.25) is 0 Å². The summed E-state index contributed by atoms with van der Waals surface area (Å²) in [6.07, 6.45) is 0. The second-order valence-electron chi connectivity index (χ2n) is 4.70. The van der Waals surface area contributed by atoms with E-state index < -0.39 is 11.8 Å². The molecule has 1 aromatic carbocycles. The van der Waals surface area contributed by atoms with E-state index in [1.54, 1.807) is 0 Å². The van der Waals surface area contributed by atoms with Crippen molar-refractivity contribution in [3.63, 3.8) is 0 Å². The Morgan fingerprint density at radius 1 is 1.24 bits per heavy atom. The number of aryl methyl sites for hydroxylation is 2. The summed E-state index contributed by atoms with van der Waals surface area (Å²) in [6, 6.07) is 3.67. The lowest BCUT2D eigenvalue weighted by Gasteiger charge is -2.08. The molecule has 1 heterocycles. The van der Waals surface area contributed by atoms with Crippen LogP contribution in [0.25, 0.3) is 0 Å². The van der Waals surface area contributed by atoms with Gasteiger partial charge in [-0.2, -0.15) is 0 Å². The molecule has 1 N–H and O–H groups in total. The predicted octanol–water partition coefficient (Wildman–Crippen LogP) is 3.53. The topological polar surface area (TPSA) is 63.1 Å². The van der Waals surface area contributed by atoms with Crippen LogP contribution in [0.1, 0.15) is 32.9 Å². The van der Waals surface area contributed by atoms with Gasteiger partial charge >= 0.3 is 5.97 Å². The Bertz CT molecular complexity index is 681. The number of halogens is 1. The highest BCUT2D eigenvalue weighted by atomic mass is 32.2. The number of thioether (sulfide) groups is 1. The molecular weight excluding hydrogens is 291 g/mol. The first-order valence-electron chi connectivity index (χ1n) is 6.35. The van der Waals surface area contributed by atoms with Gasteiger partial charge in [-0.05, 0) is 50.1 Å². The minimum atomic E-state index is -1.07. The van der Waals surface area contributed by atoms with E-state index in [0.29, 0.717) is 16.5 Å². The number of hydrogen-bond acceptors (Lipinski definition) is 4. The van der Waals surface area contributed by atoms with E-state index in [1.807, 2.05) is 20.8 Å². The average Bonchev–Trinajstić information content (AvgIpc) is 2.42. The van der Waals surface area contributed by atoms with Gasteiger partial charge in [0, 0.05) is 17.1 Å². The number of hydrogen-bond donors (Lipinski definition) is 1. The molecule has 1 aromatic heterocycles. The zero-order valence-electron chi connectivity index (χ0n) is 12.0. The molecule has 0 unspecified atom stereocenters. The molecule has 0 aliphatic heterocycles. The van der Waals surface area contributed by atoms with Gasteiger partial charge in [0.25, 0.3) is 0 Å². The van der Waals surface area contributed by atoms with Crippen LogP contribution in [-0.2, 0) is 5.75 Å². The van der Waals surface area contributed by atoms with E-state index in [9.17, 15) is 9.18 Å². The Morgan fingerprint density at radius 2 is 1.86 bits per heavy atom. The van der Waals surface area contributed by atoms with Gasteiger partial charge in [-0.15, -0.1) is 0 Å². The third-order valence-corrected chi connectivity index (χ3v) is 4.16. The third-order valence-electron chi connectivity index (χ3n) is 3.27. The summed E-state index contributed by atoms with van der Waals surface area (Å²) in [5.74, 6) is -1.21. The smallest absolute Gasteiger partial charge is 0.335 e. The normalized spacial score (nSPS) is 10.7. The number of carboxylic acids is 1. The molecule has 110 valence electrons. The van der Waals surface area contributed by atoms with Crippen LogP contribution in [0.15, 0.2) is 23.4 Å². The van der Waals surface area contributed by atoms with Crippen LogP contribution < -0.4 is 0 Å². The lowest BCUT2D eigenvalue weighted by Crippen LogP contribution is -2.03. The first-order valence-corrected chi connectivity index (χ1v) is 7.33. The van der Waals surface area contributed by atoms with Crippen molar-refractivity contribution in [2.45, 2.75) is 31.7 Å². The lowest BCUT2D eigenvalue weighted by molar-refractivity contribution is 0.0696. The SMILES string of the molecule is Cc1nc(SCc2cc(F)ccc2C(=O)O)nc(C)c1C. The number of nitrogens with zero attached hydrogens (tertiary/aromatic N) is 2. The molecule has 0 saturated carbocycles. The molecule has 0 spiro atoms. The highest BCUT2D eigenvalue weighted by Crippen LogP contribution is 2.24. The molecule has 21 heavy (non-hydrogen) atoms. The first-order chi connectivity index (χ1) is 9.88. The standard InChI is InChI=1S/C15H15FN2O2S/c1-8-9(2)17-15(18-10(8)3)21-7-11-6-12(16)4-5-13(11)14(19)20/h4-6H,7H2,1-3H3,(H,19,20). The lowest BCUT2D eigenvalue weighted by atomic mass is 10.1. The maximum absolute atomic E-state index is 13.3. The second-order valence-corrected chi connectivity index (χ2v) is 5.64. The Morgan fingerprint density at radius 3 is 2.43 bits per heavy atom. The van der Waals surface area contributed by atoms with Crippen molar-refractivity contribution < 1.29 is 14.3 Å². The quantitative estimate of drug-likeness (QED) is 0.691. The summed E-state index contributed by atoms with van der Waals surface area (Å²) < 4.78 is 13.3. The fourth-order valence-electron chi connectivity index (χ4n) is 1.84. The van der Waals surface area contributed by atoms with E-state index >= 15 is 0 Å². The van der Waals surface area contributed by atoms with Crippen LogP contribution in [0, 0.1) is 26.6 Å². The second kappa shape index (κ2) is 6.22.